The first-order valence-corrected chi connectivity index (χ1v) is 6.36. The van der Waals surface area contributed by atoms with Gasteiger partial charge in [-0.05, 0) is 49.2 Å². The van der Waals surface area contributed by atoms with E-state index in [4.69, 9.17) is 0 Å². The van der Waals surface area contributed by atoms with Crippen LogP contribution in [0.25, 0.3) is 0 Å². The molecule has 0 spiro atoms. The number of phenols is 1. The van der Waals surface area contributed by atoms with E-state index < -0.39 is 0 Å². The van der Waals surface area contributed by atoms with E-state index in [1.165, 1.54) is 12.1 Å². The van der Waals surface area contributed by atoms with Crippen LogP contribution < -0.4 is 5.32 Å². The molecule has 100 valence electrons. The molecular formula is C16H18FNO. The van der Waals surface area contributed by atoms with E-state index in [9.17, 15) is 9.50 Å². The summed E-state index contributed by atoms with van der Waals surface area (Å²) in [6.45, 7) is 4.11. The Morgan fingerprint density at radius 2 is 1.26 bits per heavy atom. The van der Waals surface area contributed by atoms with Crippen molar-refractivity contribution >= 4 is 0 Å². The fourth-order valence-electron chi connectivity index (χ4n) is 2.08. The smallest absolute Gasteiger partial charge is 0.123 e. The van der Waals surface area contributed by atoms with Crippen LogP contribution in [-0.2, 0) is 0 Å². The zero-order valence-electron chi connectivity index (χ0n) is 11.1. The minimum absolute atomic E-state index is 0.129. The molecule has 2 atom stereocenters. The summed E-state index contributed by atoms with van der Waals surface area (Å²) < 4.78 is 12.9. The van der Waals surface area contributed by atoms with E-state index in [0.717, 1.165) is 11.1 Å². The molecule has 0 aliphatic heterocycles. The molecule has 0 aromatic heterocycles. The lowest BCUT2D eigenvalue weighted by atomic mass is 10.0. The second kappa shape index (κ2) is 5.85. The van der Waals surface area contributed by atoms with Crippen molar-refractivity contribution in [3.05, 3.63) is 65.5 Å². The van der Waals surface area contributed by atoms with E-state index in [1.54, 1.807) is 24.3 Å². The summed E-state index contributed by atoms with van der Waals surface area (Å²) in [5, 5.41) is 12.7. The number of hydrogen-bond acceptors (Lipinski definition) is 2. The van der Waals surface area contributed by atoms with E-state index in [2.05, 4.69) is 12.2 Å². The molecule has 0 fully saturated rings. The first-order chi connectivity index (χ1) is 9.06. The summed E-state index contributed by atoms with van der Waals surface area (Å²) in [4.78, 5) is 0. The highest BCUT2D eigenvalue weighted by Crippen LogP contribution is 2.21. The van der Waals surface area contributed by atoms with Gasteiger partial charge in [0.05, 0.1) is 0 Å². The molecule has 19 heavy (non-hydrogen) atoms. The minimum Gasteiger partial charge on any atom is -0.508 e. The van der Waals surface area contributed by atoms with Crippen molar-refractivity contribution in [3.8, 4) is 5.75 Å². The Hall–Kier alpha value is -1.87. The number of rotatable bonds is 4. The van der Waals surface area contributed by atoms with E-state index >= 15 is 0 Å². The first kappa shape index (κ1) is 13.6. The Morgan fingerprint density at radius 3 is 1.74 bits per heavy atom. The van der Waals surface area contributed by atoms with Gasteiger partial charge in [-0.25, -0.2) is 4.39 Å². The van der Waals surface area contributed by atoms with Crippen molar-refractivity contribution in [1.82, 2.24) is 5.32 Å². The van der Waals surface area contributed by atoms with Crippen molar-refractivity contribution < 1.29 is 9.50 Å². The van der Waals surface area contributed by atoms with Gasteiger partial charge < -0.3 is 10.4 Å². The predicted octanol–water partition coefficient (Wildman–Crippen LogP) is 3.94. The fourth-order valence-corrected chi connectivity index (χ4v) is 2.08. The van der Waals surface area contributed by atoms with Gasteiger partial charge in [-0.3, -0.25) is 0 Å². The number of phenolic OH excluding ortho intramolecular Hbond substituents is 1. The maximum atomic E-state index is 12.9. The largest absolute Gasteiger partial charge is 0.508 e. The molecule has 1 unspecified atom stereocenters. The number of benzene rings is 2. The van der Waals surface area contributed by atoms with Crippen LogP contribution >= 0.6 is 0 Å². The van der Waals surface area contributed by atoms with Crippen LogP contribution in [0.3, 0.4) is 0 Å². The molecule has 2 aromatic carbocycles. The summed E-state index contributed by atoms with van der Waals surface area (Å²) in [7, 11) is 0. The fraction of sp³-hybridized carbons (Fsp3) is 0.250. The molecule has 2 aromatic rings. The molecule has 0 aliphatic rings. The lowest BCUT2D eigenvalue weighted by molar-refractivity contribution is 0.472. The average molecular weight is 259 g/mol. The van der Waals surface area contributed by atoms with Crippen molar-refractivity contribution in [2.45, 2.75) is 25.9 Å². The number of nitrogens with one attached hydrogen (secondary N) is 1. The Bertz CT molecular complexity index is 472. The maximum absolute atomic E-state index is 12.9. The molecule has 2 nitrogen and oxygen atoms in total. The van der Waals surface area contributed by atoms with E-state index in [0.29, 0.717) is 0 Å². The average Bonchev–Trinajstić information content (AvgIpc) is 2.40. The predicted molar refractivity (Wildman–Crippen MR) is 74.5 cm³/mol. The lowest BCUT2D eigenvalue weighted by Crippen LogP contribution is -2.22. The van der Waals surface area contributed by atoms with Gasteiger partial charge in [0.25, 0.3) is 0 Å². The van der Waals surface area contributed by atoms with Gasteiger partial charge in [0, 0.05) is 12.1 Å². The topological polar surface area (TPSA) is 32.3 Å². The van der Waals surface area contributed by atoms with Crippen molar-refractivity contribution in [2.75, 3.05) is 0 Å². The molecule has 0 heterocycles. The third kappa shape index (κ3) is 3.55. The standard InChI is InChI=1S/C16H18FNO/c1-11(13-3-7-15(17)8-4-13)18-12(2)14-5-9-16(19)10-6-14/h3-12,18-19H,1-2H3/t11-,12?/m1/s1. The molecule has 0 aliphatic carbocycles. The highest BCUT2D eigenvalue weighted by Gasteiger charge is 2.11. The van der Waals surface area contributed by atoms with Crippen molar-refractivity contribution in [3.63, 3.8) is 0 Å². The van der Waals surface area contributed by atoms with Gasteiger partial charge in [0.2, 0.25) is 0 Å². The summed E-state index contributed by atoms with van der Waals surface area (Å²) in [6, 6.07) is 13.9. The molecule has 0 bridgehead atoms. The van der Waals surface area contributed by atoms with Gasteiger partial charge >= 0.3 is 0 Å². The number of aromatic hydroxyl groups is 1. The highest BCUT2D eigenvalue weighted by molar-refractivity contribution is 5.28. The zero-order valence-corrected chi connectivity index (χ0v) is 11.1. The van der Waals surface area contributed by atoms with Crippen LogP contribution in [0.1, 0.15) is 37.1 Å². The van der Waals surface area contributed by atoms with Gasteiger partial charge in [0.15, 0.2) is 0 Å². The van der Waals surface area contributed by atoms with Crippen molar-refractivity contribution in [1.29, 1.82) is 0 Å². The molecule has 0 saturated heterocycles. The second-order valence-corrected chi connectivity index (χ2v) is 4.75. The van der Waals surface area contributed by atoms with Gasteiger partial charge in [0.1, 0.15) is 11.6 Å². The SMILES string of the molecule is CC(N[C@H](C)c1ccc(F)cc1)c1ccc(O)cc1. The lowest BCUT2D eigenvalue weighted by Gasteiger charge is -2.20. The monoisotopic (exact) mass is 259 g/mol. The maximum Gasteiger partial charge on any atom is 0.123 e. The summed E-state index contributed by atoms with van der Waals surface area (Å²) in [5.41, 5.74) is 2.15. The Balaban J connectivity index is 2.03. The first-order valence-electron chi connectivity index (χ1n) is 6.36. The van der Waals surface area contributed by atoms with E-state index in [-0.39, 0.29) is 23.7 Å². The minimum atomic E-state index is -0.220. The Kier molecular flexibility index (Phi) is 4.17. The van der Waals surface area contributed by atoms with Crippen LogP contribution in [0.2, 0.25) is 0 Å². The zero-order chi connectivity index (χ0) is 13.8. The van der Waals surface area contributed by atoms with Crippen LogP contribution in [0.4, 0.5) is 4.39 Å². The van der Waals surface area contributed by atoms with Gasteiger partial charge in [-0.2, -0.15) is 0 Å². The van der Waals surface area contributed by atoms with Gasteiger partial charge in [-0.15, -0.1) is 0 Å². The van der Waals surface area contributed by atoms with Gasteiger partial charge in [-0.1, -0.05) is 24.3 Å². The molecular weight excluding hydrogens is 241 g/mol. The number of halogens is 1. The second-order valence-electron chi connectivity index (χ2n) is 4.75. The summed E-state index contributed by atoms with van der Waals surface area (Å²) >= 11 is 0. The third-order valence-corrected chi connectivity index (χ3v) is 3.26. The highest BCUT2D eigenvalue weighted by atomic mass is 19.1. The molecule has 0 radical (unpaired) electrons. The molecule has 2 rings (SSSR count). The molecule has 3 heteroatoms. The van der Waals surface area contributed by atoms with Crippen LogP contribution in [-0.4, -0.2) is 5.11 Å². The molecule has 0 amide bonds. The third-order valence-electron chi connectivity index (χ3n) is 3.26. The number of hydrogen-bond donors (Lipinski definition) is 2. The molecule has 0 saturated carbocycles. The quantitative estimate of drug-likeness (QED) is 0.871. The van der Waals surface area contributed by atoms with Crippen LogP contribution in [0.5, 0.6) is 5.75 Å². The molecule has 2 N–H and O–H groups in total. The Morgan fingerprint density at radius 1 is 0.842 bits per heavy atom. The summed E-state index contributed by atoms with van der Waals surface area (Å²) in [6.07, 6.45) is 0. The normalized spacial score (nSPS) is 14.1. The van der Waals surface area contributed by atoms with Crippen LogP contribution in [0, 0.1) is 5.82 Å². The van der Waals surface area contributed by atoms with E-state index in [1.807, 2.05) is 19.1 Å². The Labute approximate surface area is 112 Å². The summed E-state index contributed by atoms with van der Waals surface area (Å²) in [5.74, 6) is 0.0464. The van der Waals surface area contributed by atoms with Crippen LogP contribution in [0.15, 0.2) is 48.5 Å². The van der Waals surface area contributed by atoms with Crippen molar-refractivity contribution in [2.24, 2.45) is 0 Å².